The van der Waals surface area contributed by atoms with Gasteiger partial charge in [0.2, 0.25) is 0 Å². The first-order valence-corrected chi connectivity index (χ1v) is 6.05. The summed E-state index contributed by atoms with van der Waals surface area (Å²) >= 11 is 6.54. The van der Waals surface area contributed by atoms with Gasteiger partial charge in [-0.25, -0.2) is 4.79 Å². The monoisotopic (exact) mass is 351 g/mol. The Morgan fingerprint density at radius 1 is 1.38 bits per heavy atom. The maximum atomic E-state index is 11.6. The molecule has 6 heteroatoms. The van der Waals surface area contributed by atoms with Crippen LogP contribution in [0, 0.1) is 0 Å². The zero-order valence-electron chi connectivity index (χ0n) is 8.63. The van der Waals surface area contributed by atoms with Crippen LogP contribution in [0.3, 0.4) is 0 Å². The van der Waals surface area contributed by atoms with Crippen LogP contribution in [0.2, 0.25) is 0 Å². The third-order valence-corrected chi connectivity index (χ3v) is 2.95. The van der Waals surface area contributed by atoms with E-state index in [9.17, 15) is 4.79 Å². The summed E-state index contributed by atoms with van der Waals surface area (Å²) in [6, 6.07) is 3.39. The lowest BCUT2D eigenvalue weighted by molar-refractivity contribution is 0.0389. The van der Waals surface area contributed by atoms with Gasteiger partial charge < -0.3 is 15.2 Å². The Morgan fingerprint density at radius 3 is 2.69 bits per heavy atom. The van der Waals surface area contributed by atoms with Crippen molar-refractivity contribution in [2.75, 3.05) is 26.1 Å². The molecule has 0 aliphatic rings. The first-order chi connectivity index (χ1) is 7.56. The minimum Gasteiger partial charge on any atom is -0.460 e. The molecule has 2 N–H and O–H groups in total. The van der Waals surface area contributed by atoms with Crippen molar-refractivity contribution in [3.8, 4) is 0 Å². The van der Waals surface area contributed by atoms with E-state index < -0.39 is 5.97 Å². The summed E-state index contributed by atoms with van der Waals surface area (Å²) in [7, 11) is 1.54. The van der Waals surface area contributed by atoms with Crippen molar-refractivity contribution in [3.63, 3.8) is 0 Å². The predicted octanol–water partition coefficient (Wildman–Crippen LogP) is 2.60. The number of nitrogen functional groups attached to an aromatic ring is 1. The van der Waals surface area contributed by atoms with Crippen LogP contribution in [0.5, 0.6) is 0 Å². The molecule has 0 radical (unpaired) electrons. The number of hydrogen-bond acceptors (Lipinski definition) is 4. The number of hydrogen-bond donors (Lipinski definition) is 1. The maximum Gasteiger partial charge on any atom is 0.340 e. The number of anilines is 1. The van der Waals surface area contributed by atoms with E-state index >= 15 is 0 Å². The van der Waals surface area contributed by atoms with E-state index in [1.807, 2.05) is 0 Å². The molecule has 0 aromatic heterocycles. The maximum absolute atomic E-state index is 11.6. The van der Waals surface area contributed by atoms with E-state index in [2.05, 4.69) is 31.9 Å². The van der Waals surface area contributed by atoms with Crippen LogP contribution in [-0.2, 0) is 9.47 Å². The highest BCUT2D eigenvalue weighted by atomic mass is 79.9. The number of methoxy groups -OCH3 is 1. The van der Waals surface area contributed by atoms with E-state index in [1.54, 1.807) is 12.1 Å². The van der Waals surface area contributed by atoms with Crippen molar-refractivity contribution < 1.29 is 14.3 Å². The van der Waals surface area contributed by atoms with Gasteiger partial charge in [-0.15, -0.1) is 0 Å². The summed E-state index contributed by atoms with van der Waals surface area (Å²) in [6.45, 7) is 0.569. The minimum absolute atomic E-state index is 0.207. The van der Waals surface area contributed by atoms with Gasteiger partial charge in [0, 0.05) is 16.1 Å². The van der Waals surface area contributed by atoms with Gasteiger partial charge >= 0.3 is 5.97 Å². The molecule has 4 nitrogen and oxygen atoms in total. The van der Waals surface area contributed by atoms with E-state index in [1.165, 1.54) is 7.11 Å². The Bertz CT molecular complexity index is 396. The fourth-order valence-corrected chi connectivity index (χ4v) is 2.27. The van der Waals surface area contributed by atoms with Crippen molar-refractivity contribution in [2.45, 2.75) is 0 Å². The third-order valence-electron chi connectivity index (χ3n) is 1.83. The summed E-state index contributed by atoms with van der Waals surface area (Å²) in [6.07, 6.45) is 0. The lowest BCUT2D eigenvalue weighted by Gasteiger charge is -2.08. The van der Waals surface area contributed by atoms with Crippen LogP contribution in [0.25, 0.3) is 0 Å². The molecule has 0 aliphatic carbocycles. The number of benzene rings is 1. The number of ether oxygens (including phenoxy) is 2. The topological polar surface area (TPSA) is 61.5 Å². The molecule has 0 heterocycles. The SMILES string of the molecule is COCCOC(=O)c1cc(Br)cc(Br)c1N. The van der Waals surface area contributed by atoms with Gasteiger partial charge in [-0.1, -0.05) is 15.9 Å². The number of esters is 1. The summed E-state index contributed by atoms with van der Waals surface area (Å²) in [4.78, 5) is 11.6. The zero-order chi connectivity index (χ0) is 12.1. The van der Waals surface area contributed by atoms with Gasteiger partial charge in [-0.05, 0) is 28.1 Å². The average Bonchev–Trinajstić information content (AvgIpc) is 2.23. The van der Waals surface area contributed by atoms with Crippen molar-refractivity contribution >= 4 is 43.5 Å². The molecule has 1 aromatic carbocycles. The Balaban J connectivity index is 2.82. The lowest BCUT2D eigenvalue weighted by atomic mass is 10.2. The summed E-state index contributed by atoms with van der Waals surface area (Å²) in [5.41, 5.74) is 6.45. The van der Waals surface area contributed by atoms with Crippen LogP contribution >= 0.6 is 31.9 Å². The molecule has 0 saturated carbocycles. The molecule has 0 unspecified atom stereocenters. The van der Waals surface area contributed by atoms with Crippen LogP contribution in [0.1, 0.15) is 10.4 Å². The number of rotatable bonds is 4. The molecule has 0 fully saturated rings. The van der Waals surface area contributed by atoms with Crippen molar-refractivity contribution in [1.82, 2.24) is 0 Å². The van der Waals surface area contributed by atoms with Crippen molar-refractivity contribution in [2.24, 2.45) is 0 Å². The van der Waals surface area contributed by atoms with Crippen LogP contribution in [0.15, 0.2) is 21.1 Å². The normalized spacial score (nSPS) is 10.2. The Labute approximate surface area is 110 Å². The van der Waals surface area contributed by atoms with Gasteiger partial charge in [0.05, 0.1) is 17.9 Å². The highest BCUT2D eigenvalue weighted by Gasteiger charge is 2.14. The second-order valence-electron chi connectivity index (χ2n) is 2.98. The smallest absolute Gasteiger partial charge is 0.340 e. The quantitative estimate of drug-likeness (QED) is 0.514. The second-order valence-corrected chi connectivity index (χ2v) is 4.75. The number of carbonyl (C=O) groups is 1. The zero-order valence-corrected chi connectivity index (χ0v) is 11.8. The molecule has 1 aromatic rings. The van der Waals surface area contributed by atoms with Crippen molar-refractivity contribution in [3.05, 3.63) is 26.6 Å². The van der Waals surface area contributed by atoms with Crippen LogP contribution < -0.4 is 5.73 Å². The molecular weight excluding hydrogens is 342 g/mol. The molecule has 16 heavy (non-hydrogen) atoms. The van der Waals surface area contributed by atoms with Gasteiger partial charge in [0.15, 0.2) is 0 Å². The largest absolute Gasteiger partial charge is 0.460 e. The summed E-state index contributed by atoms with van der Waals surface area (Å²) in [5.74, 6) is -0.462. The van der Waals surface area contributed by atoms with Gasteiger partial charge in [-0.2, -0.15) is 0 Å². The average molecular weight is 353 g/mol. The molecule has 0 spiro atoms. The number of halogens is 2. The molecular formula is C10H11Br2NO3. The van der Waals surface area contributed by atoms with E-state index in [-0.39, 0.29) is 6.61 Å². The standard InChI is InChI=1S/C10H11Br2NO3/c1-15-2-3-16-10(14)7-4-6(11)5-8(12)9(7)13/h4-5H,2-3,13H2,1H3. The molecule has 88 valence electrons. The second kappa shape index (κ2) is 6.22. The predicted molar refractivity (Wildman–Crippen MR) is 68.4 cm³/mol. The van der Waals surface area contributed by atoms with Crippen LogP contribution in [-0.4, -0.2) is 26.3 Å². The molecule has 1 rings (SSSR count). The Morgan fingerprint density at radius 2 is 2.06 bits per heavy atom. The molecule has 0 amide bonds. The molecule has 0 atom stereocenters. The van der Waals surface area contributed by atoms with Crippen LogP contribution in [0.4, 0.5) is 5.69 Å². The van der Waals surface area contributed by atoms with Crippen molar-refractivity contribution in [1.29, 1.82) is 0 Å². The Kier molecular flexibility index (Phi) is 5.24. The minimum atomic E-state index is -0.462. The molecule has 0 aliphatic heterocycles. The lowest BCUT2D eigenvalue weighted by Crippen LogP contribution is -2.12. The number of nitrogens with two attached hydrogens (primary N) is 1. The fraction of sp³-hybridized carbons (Fsp3) is 0.300. The van der Waals surface area contributed by atoms with Gasteiger partial charge in [0.1, 0.15) is 6.61 Å². The first kappa shape index (κ1) is 13.5. The van der Waals surface area contributed by atoms with E-state index in [0.717, 1.165) is 4.47 Å². The summed E-state index contributed by atoms with van der Waals surface area (Å²) < 4.78 is 11.2. The van der Waals surface area contributed by atoms with E-state index in [4.69, 9.17) is 15.2 Å². The third kappa shape index (κ3) is 3.47. The summed E-state index contributed by atoms with van der Waals surface area (Å²) in [5, 5.41) is 0. The molecule has 0 bridgehead atoms. The van der Waals surface area contributed by atoms with Gasteiger partial charge in [0.25, 0.3) is 0 Å². The fourth-order valence-electron chi connectivity index (χ4n) is 1.05. The van der Waals surface area contributed by atoms with Gasteiger partial charge in [-0.3, -0.25) is 0 Å². The highest BCUT2D eigenvalue weighted by Crippen LogP contribution is 2.28. The van der Waals surface area contributed by atoms with E-state index in [0.29, 0.717) is 22.3 Å². The molecule has 0 saturated heterocycles. The highest BCUT2D eigenvalue weighted by molar-refractivity contribution is 9.11. The Hall–Kier alpha value is -0.590. The first-order valence-electron chi connectivity index (χ1n) is 4.47. The number of carbonyl (C=O) groups excluding carboxylic acids is 1.